The Morgan fingerprint density at radius 1 is 1.67 bits per heavy atom. The molecule has 0 aliphatic rings. The van der Waals surface area contributed by atoms with Crippen molar-refractivity contribution < 1.29 is 9.84 Å². The van der Waals surface area contributed by atoms with Gasteiger partial charge in [0, 0.05) is 19.4 Å². The van der Waals surface area contributed by atoms with Gasteiger partial charge in [-0.05, 0) is 0 Å². The van der Waals surface area contributed by atoms with Crippen molar-refractivity contribution in [2.75, 3.05) is 7.11 Å². The number of H-pyrrole nitrogens is 1. The van der Waals surface area contributed by atoms with Crippen LogP contribution in [0, 0.1) is 0 Å². The number of nitrogens with zero attached hydrogens (tertiary/aromatic N) is 1. The fraction of sp³-hybridized carbons (Fsp3) is 0.333. The predicted molar refractivity (Wildman–Crippen MR) is 39.6 cm³/mol. The number of aromatic amines is 1. The van der Waals surface area contributed by atoms with Crippen molar-refractivity contribution in [2.45, 2.75) is 6.41 Å². The monoisotopic (exact) mass is 172 g/mol. The van der Waals surface area contributed by atoms with E-state index in [2.05, 4.69) is 4.74 Å². The van der Waals surface area contributed by atoms with Crippen LogP contribution in [0.3, 0.4) is 0 Å². The molecule has 0 radical (unpaired) electrons. The van der Waals surface area contributed by atoms with Crippen molar-refractivity contribution in [1.29, 1.82) is 0 Å². The average Bonchev–Trinajstić information content (AvgIpc) is 2.03. The highest BCUT2D eigenvalue weighted by atomic mass is 16.6. The molecule has 1 aromatic rings. The first-order chi connectivity index (χ1) is 5.65. The summed E-state index contributed by atoms with van der Waals surface area (Å²) in [7, 11) is 1.24. The number of hydrogen-bond acceptors (Lipinski definition) is 4. The zero-order chi connectivity index (χ0) is 9.14. The van der Waals surface area contributed by atoms with Gasteiger partial charge >= 0.3 is 5.69 Å². The van der Waals surface area contributed by atoms with Crippen LogP contribution in [0.2, 0.25) is 0 Å². The molecule has 1 heterocycles. The van der Waals surface area contributed by atoms with Crippen LogP contribution in [0.4, 0.5) is 0 Å². The van der Waals surface area contributed by atoms with E-state index >= 15 is 0 Å². The number of aliphatic hydroxyl groups is 1. The second-order valence-corrected chi connectivity index (χ2v) is 2.08. The minimum Gasteiger partial charge on any atom is -0.351 e. The summed E-state index contributed by atoms with van der Waals surface area (Å²) < 4.78 is 5.30. The van der Waals surface area contributed by atoms with Gasteiger partial charge in [0.25, 0.3) is 5.56 Å². The Hall–Kier alpha value is -1.40. The molecule has 1 aromatic heterocycles. The van der Waals surface area contributed by atoms with Crippen LogP contribution in [0.25, 0.3) is 0 Å². The van der Waals surface area contributed by atoms with E-state index in [1.54, 1.807) is 0 Å². The van der Waals surface area contributed by atoms with Crippen molar-refractivity contribution in [3.8, 4) is 0 Å². The summed E-state index contributed by atoms with van der Waals surface area (Å²) in [5.74, 6) is 0. The van der Waals surface area contributed by atoms with Crippen LogP contribution in [-0.4, -0.2) is 21.8 Å². The van der Waals surface area contributed by atoms with E-state index in [-0.39, 0.29) is 0 Å². The summed E-state index contributed by atoms with van der Waals surface area (Å²) in [6, 6.07) is 1.11. The van der Waals surface area contributed by atoms with Crippen molar-refractivity contribution >= 4 is 0 Å². The van der Waals surface area contributed by atoms with E-state index in [0.29, 0.717) is 0 Å². The summed E-state index contributed by atoms with van der Waals surface area (Å²) in [4.78, 5) is 23.4. The summed E-state index contributed by atoms with van der Waals surface area (Å²) >= 11 is 0. The van der Waals surface area contributed by atoms with Crippen LogP contribution in [-0.2, 0) is 4.74 Å². The van der Waals surface area contributed by atoms with E-state index in [0.717, 1.165) is 16.8 Å². The van der Waals surface area contributed by atoms with E-state index in [9.17, 15) is 9.59 Å². The molecule has 0 aromatic carbocycles. The molecule has 0 fully saturated rings. The predicted octanol–water partition coefficient (Wildman–Crippen LogP) is -1.37. The van der Waals surface area contributed by atoms with E-state index < -0.39 is 17.7 Å². The number of aromatic nitrogens is 2. The van der Waals surface area contributed by atoms with Crippen LogP contribution in [0.5, 0.6) is 0 Å². The van der Waals surface area contributed by atoms with Gasteiger partial charge in [0.2, 0.25) is 6.41 Å². The molecule has 0 spiro atoms. The molecule has 12 heavy (non-hydrogen) atoms. The molecular formula is C6H8N2O4. The Bertz CT molecular complexity index is 366. The quantitative estimate of drug-likeness (QED) is 0.539. The second-order valence-electron chi connectivity index (χ2n) is 2.08. The van der Waals surface area contributed by atoms with Crippen molar-refractivity contribution in [3.63, 3.8) is 0 Å². The molecule has 0 bridgehead atoms. The number of rotatable bonds is 2. The zero-order valence-electron chi connectivity index (χ0n) is 6.35. The standard InChI is InChI=1S/C6H8N2O4/c1-12-6(11)8-3-2-4(9)7-5(8)10/h2-3,6,11H,1H3,(H,7,9,10). The van der Waals surface area contributed by atoms with Gasteiger partial charge in [-0.3, -0.25) is 14.3 Å². The van der Waals surface area contributed by atoms with Gasteiger partial charge in [0.1, 0.15) is 0 Å². The molecule has 0 saturated carbocycles. The fourth-order valence-electron chi connectivity index (χ4n) is 0.715. The lowest BCUT2D eigenvalue weighted by molar-refractivity contribution is -0.134. The third-order valence-corrected chi connectivity index (χ3v) is 1.30. The molecular weight excluding hydrogens is 164 g/mol. The molecule has 0 aliphatic heterocycles. The number of methoxy groups -OCH3 is 1. The number of hydrogen-bond donors (Lipinski definition) is 2. The van der Waals surface area contributed by atoms with E-state index in [1.807, 2.05) is 4.98 Å². The van der Waals surface area contributed by atoms with Crippen LogP contribution < -0.4 is 11.2 Å². The molecule has 1 atom stereocenters. The molecule has 6 heteroatoms. The third-order valence-electron chi connectivity index (χ3n) is 1.30. The smallest absolute Gasteiger partial charge is 0.332 e. The highest BCUT2D eigenvalue weighted by Gasteiger charge is 2.05. The Kier molecular flexibility index (Phi) is 2.41. The zero-order valence-corrected chi connectivity index (χ0v) is 6.35. The largest absolute Gasteiger partial charge is 0.351 e. The molecule has 66 valence electrons. The maximum atomic E-state index is 10.9. The first-order valence-corrected chi connectivity index (χ1v) is 3.17. The van der Waals surface area contributed by atoms with Crippen molar-refractivity contribution in [1.82, 2.24) is 9.55 Å². The Morgan fingerprint density at radius 3 is 2.83 bits per heavy atom. The molecule has 1 rings (SSSR count). The number of nitrogens with one attached hydrogen (secondary N) is 1. The van der Waals surface area contributed by atoms with Gasteiger partial charge in [-0.25, -0.2) is 4.79 Å². The first kappa shape index (κ1) is 8.69. The highest BCUT2D eigenvalue weighted by molar-refractivity contribution is 4.82. The molecule has 0 aliphatic carbocycles. The Morgan fingerprint density at radius 2 is 2.33 bits per heavy atom. The molecule has 0 amide bonds. The average molecular weight is 172 g/mol. The summed E-state index contributed by atoms with van der Waals surface area (Å²) in [6.07, 6.45) is -0.218. The minimum atomic E-state index is -1.37. The normalized spacial score (nSPS) is 12.8. The van der Waals surface area contributed by atoms with Gasteiger partial charge in [-0.15, -0.1) is 0 Å². The van der Waals surface area contributed by atoms with E-state index in [1.165, 1.54) is 7.11 Å². The van der Waals surface area contributed by atoms with Crippen molar-refractivity contribution in [3.05, 3.63) is 33.1 Å². The second kappa shape index (κ2) is 3.33. The Labute approximate surface area is 67.0 Å². The van der Waals surface area contributed by atoms with Gasteiger partial charge < -0.3 is 9.84 Å². The van der Waals surface area contributed by atoms with Crippen molar-refractivity contribution in [2.24, 2.45) is 0 Å². The number of aliphatic hydroxyl groups excluding tert-OH is 1. The summed E-state index contributed by atoms with van der Waals surface area (Å²) in [5.41, 5.74) is -1.23. The minimum absolute atomic E-state index is 0.514. The lowest BCUT2D eigenvalue weighted by atomic mass is 10.6. The maximum absolute atomic E-state index is 10.9. The van der Waals surface area contributed by atoms with Crippen LogP contribution in [0.1, 0.15) is 6.41 Å². The molecule has 1 unspecified atom stereocenters. The first-order valence-electron chi connectivity index (χ1n) is 3.17. The Balaban J connectivity index is 3.19. The molecule has 6 nitrogen and oxygen atoms in total. The lowest BCUT2D eigenvalue weighted by Crippen LogP contribution is -2.31. The topological polar surface area (TPSA) is 84.3 Å². The highest BCUT2D eigenvalue weighted by Crippen LogP contribution is 1.94. The van der Waals surface area contributed by atoms with Crippen LogP contribution in [0.15, 0.2) is 21.9 Å². The van der Waals surface area contributed by atoms with Gasteiger partial charge in [0.05, 0.1) is 0 Å². The molecule has 0 saturated heterocycles. The van der Waals surface area contributed by atoms with E-state index in [4.69, 9.17) is 5.11 Å². The number of ether oxygens (including phenoxy) is 1. The fourth-order valence-corrected chi connectivity index (χ4v) is 0.715. The van der Waals surface area contributed by atoms with Gasteiger partial charge in [-0.1, -0.05) is 0 Å². The summed E-state index contributed by atoms with van der Waals surface area (Å²) in [5, 5.41) is 9.02. The van der Waals surface area contributed by atoms with Gasteiger partial charge in [-0.2, -0.15) is 0 Å². The SMILES string of the molecule is COC(O)n1ccc(=O)[nH]c1=O. The third kappa shape index (κ3) is 1.60. The van der Waals surface area contributed by atoms with Gasteiger partial charge in [0.15, 0.2) is 0 Å². The van der Waals surface area contributed by atoms with Crippen LogP contribution >= 0.6 is 0 Å². The maximum Gasteiger partial charge on any atom is 0.332 e. The lowest BCUT2D eigenvalue weighted by Gasteiger charge is -2.09. The summed E-state index contributed by atoms with van der Waals surface area (Å²) in [6.45, 7) is 0. The molecule has 2 N–H and O–H groups in total.